The van der Waals surface area contributed by atoms with E-state index in [2.05, 4.69) is 27.7 Å². The molecular weight excluding hydrogens is 280 g/mol. The van der Waals surface area contributed by atoms with Gasteiger partial charge in [0.1, 0.15) is 0 Å². The monoisotopic (exact) mass is 296 g/mol. The lowest BCUT2D eigenvalue weighted by Gasteiger charge is -2.12. The van der Waals surface area contributed by atoms with E-state index in [0.717, 1.165) is 5.56 Å². The third-order valence-electron chi connectivity index (χ3n) is 2.82. The molecule has 1 heterocycles. The quantitative estimate of drug-likeness (QED) is 0.736. The van der Waals surface area contributed by atoms with Crippen LogP contribution in [0.25, 0.3) is 5.70 Å². The van der Waals surface area contributed by atoms with Gasteiger partial charge in [0.05, 0.1) is 5.70 Å². The highest BCUT2D eigenvalue weighted by Crippen LogP contribution is 2.13. The second kappa shape index (κ2) is 7.03. The molecule has 0 aliphatic carbocycles. The molecule has 3 N–H and O–H groups in total. The summed E-state index contributed by atoms with van der Waals surface area (Å²) in [5.74, 6) is -0.410. The van der Waals surface area contributed by atoms with Gasteiger partial charge in [-0.3, -0.25) is 25.4 Å². The lowest BCUT2D eigenvalue weighted by Crippen LogP contribution is -2.35. The van der Waals surface area contributed by atoms with Crippen LogP contribution >= 0.6 is 0 Å². The molecule has 0 radical (unpaired) electrons. The smallest absolute Gasteiger partial charge is 0.269 e. The van der Waals surface area contributed by atoms with E-state index in [1.54, 1.807) is 48.8 Å². The highest BCUT2D eigenvalue weighted by Gasteiger charge is 2.05. The van der Waals surface area contributed by atoms with E-state index < -0.39 is 0 Å². The third-order valence-corrected chi connectivity index (χ3v) is 2.82. The standard InChI is InChI=1S/C16H16N4O2/c1-11(13-3-5-15(6-4-13)18-12(2)21)19-20-16(22)14-7-9-17-10-8-14/h3-10,19H,1H2,2H3,(H,18,21)(H,20,22). The molecule has 1 aromatic heterocycles. The van der Waals surface area contributed by atoms with Gasteiger partial charge < -0.3 is 5.32 Å². The molecule has 0 saturated heterocycles. The molecule has 0 unspecified atom stereocenters. The molecule has 0 aliphatic heterocycles. The molecule has 112 valence electrons. The van der Waals surface area contributed by atoms with Gasteiger partial charge in [-0.2, -0.15) is 0 Å². The molecule has 0 aliphatic rings. The summed E-state index contributed by atoms with van der Waals surface area (Å²) < 4.78 is 0. The van der Waals surface area contributed by atoms with Crippen LogP contribution in [-0.2, 0) is 4.79 Å². The van der Waals surface area contributed by atoms with Crippen molar-refractivity contribution in [1.82, 2.24) is 15.8 Å². The number of hydrogen-bond acceptors (Lipinski definition) is 4. The molecular formula is C16H16N4O2. The lowest BCUT2D eigenvalue weighted by molar-refractivity contribution is -0.114. The molecule has 0 atom stereocenters. The summed E-state index contributed by atoms with van der Waals surface area (Å²) in [5, 5.41) is 2.68. The van der Waals surface area contributed by atoms with Gasteiger partial charge in [-0.1, -0.05) is 18.7 Å². The van der Waals surface area contributed by atoms with Gasteiger partial charge in [0.2, 0.25) is 5.91 Å². The molecule has 2 rings (SSSR count). The highest BCUT2D eigenvalue weighted by molar-refractivity contribution is 5.94. The second-order valence-electron chi connectivity index (χ2n) is 4.55. The van der Waals surface area contributed by atoms with Crippen molar-refractivity contribution in [3.05, 3.63) is 66.5 Å². The molecule has 0 bridgehead atoms. The largest absolute Gasteiger partial charge is 0.326 e. The minimum atomic E-state index is -0.279. The predicted molar refractivity (Wildman–Crippen MR) is 84.6 cm³/mol. The molecule has 6 nitrogen and oxygen atoms in total. The Kier molecular flexibility index (Phi) is 4.87. The zero-order valence-corrected chi connectivity index (χ0v) is 12.1. The fraction of sp³-hybridized carbons (Fsp3) is 0.0625. The van der Waals surface area contributed by atoms with Crippen LogP contribution in [0.3, 0.4) is 0 Å². The third kappa shape index (κ3) is 4.17. The van der Waals surface area contributed by atoms with Crippen LogP contribution in [0.15, 0.2) is 55.4 Å². The predicted octanol–water partition coefficient (Wildman–Crippen LogP) is 1.95. The number of hydrazine groups is 1. The Morgan fingerprint density at radius 2 is 1.59 bits per heavy atom. The number of amides is 2. The van der Waals surface area contributed by atoms with Crippen molar-refractivity contribution in [3.8, 4) is 0 Å². The van der Waals surface area contributed by atoms with E-state index >= 15 is 0 Å². The van der Waals surface area contributed by atoms with Crippen molar-refractivity contribution in [1.29, 1.82) is 0 Å². The van der Waals surface area contributed by atoms with E-state index in [-0.39, 0.29) is 11.8 Å². The van der Waals surface area contributed by atoms with Crippen LogP contribution in [0.1, 0.15) is 22.8 Å². The summed E-state index contributed by atoms with van der Waals surface area (Å²) in [4.78, 5) is 26.7. The molecule has 0 fully saturated rings. The minimum absolute atomic E-state index is 0.130. The van der Waals surface area contributed by atoms with E-state index in [1.807, 2.05) is 0 Å². The maximum Gasteiger partial charge on any atom is 0.269 e. The molecule has 6 heteroatoms. The fourth-order valence-corrected chi connectivity index (χ4v) is 1.74. The Labute approximate surface area is 128 Å². The second-order valence-corrected chi connectivity index (χ2v) is 4.55. The summed E-state index contributed by atoms with van der Waals surface area (Å²) in [7, 11) is 0. The van der Waals surface area contributed by atoms with Crippen LogP contribution < -0.4 is 16.2 Å². The molecule has 0 spiro atoms. The van der Waals surface area contributed by atoms with E-state index in [1.165, 1.54) is 6.92 Å². The number of carbonyl (C=O) groups excluding carboxylic acids is 2. The van der Waals surface area contributed by atoms with Crippen molar-refractivity contribution in [3.63, 3.8) is 0 Å². The molecule has 1 aromatic carbocycles. The number of aromatic nitrogens is 1. The zero-order valence-electron chi connectivity index (χ0n) is 12.1. The molecule has 0 saturated carbocycles. The van der Waals surface area contributed by atoms with Gasteiger partial charge in [0.25, 0.3) is 5.91 Å². The molecule has 2 amide bonds. The van der Waals surface area contributed by atoms with Crippen molar-refractivity contribution in [2.75, 3.05) is 5.32 Å². The van der Waals surface area contributed by atoms with Gasteiger partial charge in [0, 0.05) is 30.6 Å². The number of hydrogen-bond donors (Lipinski definition) is 3. The van der Waals surface area contributed by atoms with Gasteiger partial charge in [0.15, 0.2) is 0 Å². The minimum Gasteiger partial charge on any atom is -0.326 e. The maximum atomic E-state index is 11.9. The highest BCUT2D eigenvalue weighted by atomic mass is 16.2. The van der Waals surface area contributed by atoms with Crippen LogP contribution in [0.2, 0.25) is 0 Å². The van der Waals surface area contributed by atoms with Gasteiger partial charge in [-0.25, -0.2) is 0 Å². The van der Waals surface area contributed by atoms with Crippen LogP contribution in [0.4, 0.5) is 5.69 Å². The Morgan fingerprint density at radius 1 is 0.955 bits per heavy atom. The first-order chi connectivity index (χ1) is 10.6. The first kappa shape index (κ1) is 15.2. The summed E-state index contributed by atoms with van der Waals surface area (Å²) in [6.07, 6.45) is 3.09. The zero-order chi connectivity index (χ0) is 15.9. The molecule has 2 aromatic rings. The van der Waals surface area contributed by atoms with Crippen molar-refractivity contribution in [2.45, 2.75) is 6.92 Å². The van der Waals surface area contributed by atoms with Crippen LogP contribution in [0, 0.1) is 0 Å². The van der Waals surface area contributed by atoms with Crippen molar-refractivity contribution in [2.24, 2.45) is 0 Å². The number of nitrogens with one attached hydrogen (secondary N) is 3. The van der Waals surface area contributed by atoms with Crippen LogP contribution in [-0.4, -0.2) is 16.8 Å². The lowest BCUT2D eigenvalue weighted by atomic mass is 10.1. The first-order valence-corrected chi connectivity index (χ1v) is 6.59. The topological polar surface area (TPSA) is 83.1 Å². The Balaban J connectivity index is 1.92. The number of nitrogens with zero attached hydrogens (tertiary/aromatic N) is 1. The number of pyridine rings is 1. The van der Waals surface area contributed by atoms with Crippen molar-refractivity contribution >= 4 is 23.2 Å². The maximum absolute atomic E-state index is 11.9. The summed E-state index contributed by atoms with van der Waals surface area (Å²) in [5.41, 5.74) is 7.84. The number of rotatable bonds is 5. The van der Waals surface area contributed by atoms with Crippen molar-refractivity contribution < 1.29 is 9.59 Å². The first-order valence-electron chi connectivity index (χ1n) is 6.59. The summed E-state index contributed by atoms with van der Waals surface area (Å²) >= 11 is 0. The number of benzene rings is 1. The Morgan fingerprint density at radius 3 is 2.18 bits per heavy atom. The van der Waals surface area contributed by atoms with Crippen LogP contribution in [0.5, 0.6) is 0 Å². The average molecular weight is 296 g/mol. The van der Waals surface area contributed by atoms with Gasteiger partial charge in [-0.05, 0) is 29.8 Å². The number of anilines is 1. The Bertz CT molecular complexity index is 681. The fourth-order valence-electron chi connectivity index (χ4n) is 1.74. The van der Waals surface area contributed by atoms with Gasteiger partial charge >= 0.3 is 0 Å². The van der Waals surface area contributed by atoms with E-state index in [9.17, 15) is 9.59 Å². The molecule has 22 heavy (non-hydrogen) atoms. The van der Waals surface area contributed by atoms with E-state index in [0.29, 0.717) is 16.9 Å². The summed E-state index contributed by atoms with van der Waals surface area (Å²) in [6.45, 7) is 5.30. The van der Waals surface area contributed by atoms with E-state index in [4.69, 9.17) is 0 Å². The average Bonchev–Trinajstić information content (AvgIpc) is 2.53. The van der Waals surface area contributed by atoms with Gasteiger partial charge in [-0.15, -0.1) is 0 Å². The Hall–Kier alpha value is -3.15. The normalized spacial score (nSPS) is 9.68. The SMILES string of the molecule is C=C(NNC(=O)c1ccncc1)c1ccc(NC(C)=O)cc1. The summed E-state index contributed by atoms with van der Waals surface area (Å²) in [6, 6.07) is 10.3. The number of carbonyl (C=O) groups is 2.